The molecule has 2 amide bonds. The lowest BCUT2D eigenvalue weighted by Crippen LogP contribution is -2.52. The van der Waals surface area contributed by atoms with Gasteiger partial charge in [-0.3, -0.25) is 9.59 Å². The fraction of sp³-hybridized carbons (Fsp3) is 0.433. The highest BCUT2D eigenvalue weighted by molar-refractivity contribution is 5.95. The number of carbonyl (C=O) groups is 2. The zero-order valence-corrected chi connectivity index (χ0v) is 21.8. The number of benzene rings is 2. The zero-order valence-electron chi connectivity index (χ0n) is 21.8. The van der Waals surface area contributed by atoms with Crippen LogP contribution in [-0.4, -0.2) is 52.2 Å². The van der Waals surface area contributed by atoms with Gasteiger partial charge in [-0.15, -0.1) is 0 Å². The van der Waals surface area contributed by atoms with E-state index in [4.69, 9.17) is 4.74 Å². The van der Waals surface area contributed by atoms with Gasteiger partial charge in [0, 0.05) is 31.0 Å². The van der Waals surface area contributed by atoms with Gasteiger partial charge in [-0.2, -0.15) is 5.10 Å². The molecule has 3 aromatic rings. The number of carbonyl (C=O) groups excluding carboxylic acids is 2. The van der Waals surface area contributed by atoms with Crippen molar-refractivity contribution in [2.75, 3.05) is 19.7 Å². The van der Waals surface area contributed by atoms with Gasteiger partial charge in [-0.1, -0.05) is 30.7 Å². The number of rotatable bonds is 2. The van der Waals surface area contributed by atoms with Crippen LogP contribution in [0.5, 0.6) is 5.75 Å². The summed E-state index contributed by atoms with van der Waals surface area (Å²) in [4.78, 5) is 28.9. The van der Waals surface area contributed by atoms with E-state index in [-0.39, 0.29) is 17.9 Å². The maximum atomic E-state index is 13.5. The summed E-state index contributed by atoms with van der Waals surface area (Å²) in [7, 11) is 0. The molecule has 3 heterocycles. The number of amides is 2. The van der Waals surface area contributed by atoms with Gasteiger partial charge in [0.25, 0.3) is 5.91 Å². The topological polar surface area (TPSA) is 76.5 Å². The second kappa shape index (κ2) is 10.8. The number of nitrogens with one attached hydrogen (secondary N) is 1. The molecule has 2 aliphatic heterocycles. The number of piperidine rings is 1. The molecular weight excluding hydrogens is 464 g/mol. The van der Waals surface area contributed by atoms with Gasteiger partial charge < -0.3 is 15.0 Å². The van der Waals surface area contributed by atoms with E-state index in [0.29, 0.717) is 38.1 Å². The molecule has 194 valence electrons. The molecule has 0 bridgehead atoms. The number of nitrogens with zero attached hydrogens (tertiary/aromatic N) is 3. The summed E-state index contributed by atoms with van der Waals surface area (Å²) in [6.45, 7) is 5.60. The first-order valence-corrected chi connectivity index (χ1v) is 13.4. The van der Waals surface area contributed by atoms with Crippen LogP contribution >= 0.6 is 0 Å². The van der Waals surface area contributed by atoms with Crippen molar-refractivity contribution in [1.82, 2.24) is 20.0 Å². The minimum Gasteiger partial charge on any atom is -0.491 e. The number of fused-ring (bicyclic) bond motifs is 1. The first-order chi connectivity index (χ1) is 17.9. The van der Waals surface area contributed by atoms with E-state index in [9.17, 15) is 9.59 Å². The molecule has 1 N–H and O–H groups in total. The fourth-order valence-electron chi connectivity index (χ4n) is 5.57. The van der Waals surface area contributed by atoms with Crippen molar-refractivity contribution in [1.29, 1.82) is 0 Å². The molecule has 1 atom stereocenters. The number of aromatic nitrogens is 2. The molecule has 1 saturated heterocycles. The van der Waals surface area contributed by atoms with Crippen molar-refractivity contribution in [3.05, 3.63) is 77.6 Å². The first-order valence-electron chi connectivity index (χ1n) is 13.4. The Balaban J connectivity index is 1.28. The van der Waals surface area contributed by atoms with Crippen LogP contribution in [0.4, 0.5) is 0 Å². The van der Waals surface area contributed by atoms with Crippen LogP contribution in [-0.2, 0) is 11.2 Å². The normalized spacial score (nSPS) is 20.2. The minimum atomic E-state index is -0.447. The Hall–Kier alpha value is -3.61. The lowest BCUT2D eigenvalue weighted by molar-refractivity contribution is -0.135. The number of hydrogen-bond donors (Lipinski definition) is 1. The Bertz CT molecular complexity index is 1250. The molecule has 1 spiro atoms. The molecule has 1 fully saturated rings. The highest BCUT2D eigenvalue weighted by Gasteiger charge is 2.42. The van der Waals surface area contributed by atoms with Crippen molar-refractivity contribution in [2.24, 2.45) is 5.41 Å². The molecule has 2 aromatic carbocycles. The maximum Gasteiger partial charge on any atom is 0.253 e. The summed E-state index contributed by atoms with van der Waals surface area (Å²) in [5.41, 5.74) is 3.39. The van der Waals surface area contributed by atoms with Crippen LogP contribution < -0.4 is 10.1 Å². The predicted octanol–water partition coefficient (Wildman–Crippen LogP) is 4.71. The van der Waals surface area contributed by atoms with Crippen LogP contribution in [0, 0.1) is 12.3 Å². The average Bonchev–Trinajstić information content (AvgIpc) is 3.45. The summed E-state index contributed by atoms with van der Waals surface area (Å²) in [5, 5.41) is 7.54. The molecule has 37 heavy (non-hydrogen) atoms. The van der Waals surface area contributed by atoms with Crippen LogP contribution in [0.15, 0.2) is 60.9 Å². The molecule has 5 rings (SSSR count). The van der Waals surface area contributed by atoms with Gasteiger partial charge in [0.05, 0.1) is 17.1 Å². The Morgan fingerprint density at radius 1 is 1.08 bits per heavy atom. The fourth-order valence-corrected chi connectivity index (χ4v) is 5.57. The summed E-state index contributed by atoms with van der Waals surface area (Å²) in [6, 6.07) is 15.7. The largest absolute Gasteiger partial charge is 0.491 e. The van der Waals surface area contributed by atoms with E-state index in [1.54, 1.807) is 10.9 Å². The van der Waals surface area contributed by atoms with E-state index in [1.807, 2.05) is 61.3 Å². The van der Waals surface area contributed by atoms with Crippen molar-refractivity contribution in [3.63, 3.8) is 0 Å². The quantitative estimate of drug-likeness (QED) is 0.553. The van der Waals surface area contributed by atoms with Crippen LogP contribution in [0.2, 0.25) is 0 Å². The monoisotopic (exact) mass is 500 g/mol. The van der Waals surface area contributed by atoms with Gasteiger partial charge in [0.15, 0.2) is 0 Å². The molecule has 0 unspecified atom stereocenters. The van der Waals surface area contributed by atoms with Gasteiger partial charge in [-0.25, -0.2) is 4.68 Å². The molecular formula is C30H36N4O3. The van der Waals surface area contributed by atoms with E-state index >= 15 is 0 Å². The number of ether oxygens (including phenoxy) is 1. The van der Waals surface area contributed by atoms with Gasteiger partial charge in [-0.05, 0) is 81.3 Å². The molecule has 7 nitrogen and oxygen atoms in total. The molecule has 1 aromatic heterocycles. The summed E-state index contributed by atoms with van der Waals surface area (Å²) in [5.74, 6) is 1.02. The summed E-state index contributed by atoms with van der Waals surface area (Å²) in [6.07, 6.45) is 8.72. The SMILES string of the molecule is Cc1ccc(C(=O)N2CCC3(CCCCc4ccccc4OC[C@@H](C)NC3=O)CC2)cc1-n1cccn1. The van der Waals surface area contributed by atoms with E-state index in [2.05, 4.69) is 22.5 Å². The standard InChI is InChI=1S/C30H36N4O3/c1-22-11-12-25(20-26(22)34-17-7-16-31-34)28(35)33-18-14-30(15-19-33)13-6-5-9-24-8-3-4-10-27(24)37-21-23(2)32-29(30)36/h3-4,7-8,10-12,16-17,20,23H,5-6,9,13-15,18-19,21H2,1-2H3,(H,32,36)/t23-/m1/s1. The van der Waals surface area contributed by atoms with Gasteiger partial charge in [0.2, 0.25) is 5.91 Å². The molecule has 0 radical (unpaired) electrons. The van der Waals surface area contributed by atoms with Gasteiger partial charge >= 0.3 is 0 Å². The lowest BCUT2D eigenvalue weighted by atomic mass is 9.73. The van der Waals surface area contributed by atoms with Crippen LogP contribution in [0.3, 0.4) is 0 Å². The van der Waals surface area contributed by atoms with Crippen LogP contribution in [0.1, 0.15) is 60.5 Å². The average molecular weight is 501 g/mol. The third-order valence-corrected chi connectivity index (χ3v) is 7.89. The highest BCUT2D eigenvalue weighted by atomic mass is 16.5. The third kappa shape index (κ3) is 5.41. The Kier molecular flexibility index (Phi) is 7.31. The first kappa shape index (κ1) is 25.1. The second-order valence-corrected chi connectivity index (χ2v) is 10.5. The van der Waals surface area contributed by atoms with Crippen LogP contribution in [0.25, 0.3) is 5.69 Å². The Morgan fingerprint density at radius 2 is 1.89 bits per heavy atom. The predicted molar refractivity (Wildman–Crippen MR) is 143 cm³/mol. The van der Waals surface area contributed by atoms with Crippen molar-refractivity contribution < 1.29 is 14.3 Å². The Morgan fingerprint density at radius 3 is 2.68 bits per heavy atom. The molecule has 2 aliphatic rings. The number of aryl methyl sites for hydroxylation is 2. The number of para-hydroxylation sites is 1. The van der Waals surface area contributed by atoms with E-state index in [1.165, 1.54) is 5.56 Å². The third-order valence-electron chi connectivity index (χ3n) is 7.89. The van der Waals surface area contributed by atoms with E-state index < -0.39 is 5.41 Å². The number of hydrogen-bond acceptors (Lipinski definition) is 4. The summed E-state index contributed by atoms with van der Waals surface area (Å²) < 4.78 is 7.85. The van der Waals surface area contributed by atoms with Crippen molar-refractivity contribution in [2.45, 2.75) is 58.4 Å². The summed E-state index contributed by atoms with van der Waals surface area (Å²) >= 11 is 0. The number of likely N-dealkylation sites (tertiary alicyclic amines) is 1. The minimum absolute atomic E-state index is 0.00944. The molecule has 7 heteroatoms. The zero-order chi connectivity index (χ0) is 25.8. The lowest BCUT2D eigenvalue weighted by Gasteiger charge is -2.41. The second-order valence-electron chi connectivity index (χ2n) is 10.5. The molecule has 0 saturated carbocycles. The van der Waals surface area contributed by atoms with E-state index in [0.717, 1.165) is 42.7 Å². The van der Waals surface area contributed by atoms with Gasteiger partial charge in [0.1, 0.15) is 12.4 Å². The molecule has 0 aliphatic carbocycles. The highest BCUT2D eigenvalue weighted by Crippen LogP contribution is 2.38. The Labute approximate surface area is 218 Å². The van der Waals surface area contributed by atoms with Crippen molar-refractivity contribution >= 4 is 11.8 Å². The maximum absolute atomic E-state index is 13.5. The van der Waals surface area contributed by atoms with Crippen molar-refractivity contribution in [3.8, 4) is 11.4 Å². The smallest absolute Gasteiger partial charge is 0.253 e.